The summed E-state index contributed by atoms with van der Waals surface area (Å²) in [5, 5.41) is 0. The highest BCUT2D eigenvalue weighted by Gasteiger charge is 2.36. The van der Waals surface area contributed by atoms with Crippen LogP contribution in [-0.4, -0.2) is 45.9 Å². The van der Waals surface area contributed by atoms with E-state index in [9.17, 15) is 0 Å². The first kappa shape index (κ1) is 19.4. The zero-order chi connectivity index (χ0) is 20.3. The maximum Gasteiger partial charge on any atom is 0.183 e. The van der Waals surface area contributed by atoms with Crippen LogP contribution in [0.1, 0.15) is 38.2 Å². The standard InChI is InChI=1S/C21H29N7O/c1-2-3-12-29-17-6-4-16(5-7-17)21(13-22)8-10-27(11-9-21)19-18-20(25-14-24-19)28(23)15-26-18/h4-7,14-15H,2-3,8-13,22-23H2,1H3. The fourth-order valence-electron chi connectivity index (χ4n) is 4.07. The molecule has 0 unspecified atom stereocenters. The molecule has 0 saturated carbocycles. The number of piperidine rings is 1. The van der Waals surface area contributed by atoms with E-state index in [1.807, 2.05) is 0 Å². The highest BCUT2D eigenvalue weighted by atomic mass is 16.5. The number of nitrogens with zero attached hydrogens (tertiary/aromatic N) is 5. The molecule has 154 valence electrons. The fraction of sp³-hybridized carbons (Fsp3) is 0.476. The minimum Gasteiger partial charge on any atom is -0.494 e. The molecule has 1 aliphatic heterocycles. The molecule has 1 aromatic carbocycles. The Labute approximate surface area is 170 Å². The minimum atomic E-state index is -0.0299. The number of benzene rings is 1. The van der Waals surface area contributed by atoms with Crippen molar-refractivity contribution >= 4 is 17.0 Å². The fourth-order valence-corrected chi connectivity index (χ4v) is 4.07. The molecular formula is C21H29N7O. The van der Waals surface area contributed by atoms with Gasteiger partial charge in [-0.3, -0.25) is 0 Å². The Morgan fingerprint density at radius 1 is 1.10 bits per heavy atom. The van der Waals surface area contributed by atoms with Crippen LogP contribution < -0.4 is 21.2 Å². The molecule has 1 saturated heterocycles. The van der Waals surface area contributed by atoms with Gasteiger partial charge in [0.25, 0.3) is 0 Å². The molecule has 2 aromatic heterocycles. The molecule has 8 nitrogen and oxygen atoms in total. The lowest BCUT2D eigenvalue weighted by Crippen LogP contribution is -2.47. The smallest absolute Gasteiger partial charge is 0.183 e. The molecule has 3 heterocycles. The van der Waals surface area contributed by atoms with Crippen LogP contribution in [0.2, 0.25) is 0 Å². The third kappa shape index (κ3) is 3.72. The molecule has 0 spiro atoms. The van der Waals surface area contributed by atoms with Crippen molar-refractivity contribution in [3.63, 3.8) is 0 Å². The first-order valence-corrected chi connectivity index (χ1v) is 10.3. The lowest BCUT2D eigenvalue weighted by atomic mass is 9.73. The molecular weight excluding hydrogens is 366 g/mol. The van der Waals surface area contributed by atoms with E-state index in [1.54, 1.807) is 12.7 Å². The van der Waals surface area contributed by atoms with Crippen molar-refractivity contribution in [3.05, 3.63) is 42.5 Å². The lowest BCUT2D eigenvalue weighted by molar-refractivity contribution is 0.308. The van der Waals surface area contributed by atoms with Gasteiger partial charge in [-0.15, -0.1) is 0 Å². The molecule has 1 fully saturated rings. The number of hydrogen-bond acceptors (Lipinski definition) is 7. The summed E-state index contributed by atoms with van der Waals surface area (Å²) in [5.74, 6) is 7.65. The molecule has 0 aliphatic carbocycles. The predicted octanol–water partition coefficient (Wildman–Crippen LogP) is 2.22. The van der Waals surface area contributed by atoms with E-state index in [2.05, 4.69) is 51.0 Å². The van der Waals surface area contributed by atoms with E-state index >= 15 is 0 Å². The van der Waals surface area contributed by atoms with Gasteiger partial charge >= 0.3 is 0 Å². The molecule has 8 heteroatoms. The number of imidazole rings is 1. The number of anilines is 1. The van der Waals surface area contributed by atoms with Gasteiger partial charge in [-0.2, -0.15) is 0 Å². The van der Waals surface area contributed by atoms with Gasteiger partial charge in [0.15, 0.2) is 17.0 Å². The summed E-state index contributed by atoms with van der Waals surface area (Å²) < 4.78 is 7.23. The quantitative estimate of drug-likeness (QED) is 0.466. The molecule has 0 amide bonds. The van der Waals surface area contributed by atoms with Crippen LogP contribution in [0.3, 0.4) is 0 Å². The van der Waals surface area contributed by atoms with Crippen LogP contribution in [0, 0.1) is 0 Å². The summed E-state index contributed by atoms with van der Waals surface area (Å²) in [6, 6.07) is 8.47. The maximum atomic E-state index is 6.28. The Morgan fingerprint density at radius 3 is 2.55 bits per heavy atom. The van der Waals surface area contributed by atoms with E-state index in [0.717, 1.165) is 62.5 Å². The lowest BCUT2D eigenvalue weighted by Gasteiger charge is -2.42. The molecule has 0 bridgehead atoms. The van der Waals surface area contributed by atoms with Gasteiger partial charge in [-0.05, 0) is 37.0 Å². The Morgan fingerprint density at radius 2 is 1.86 bits per heavy atom. The van der Waals surface area contributed by atoms with Crippen LogP contribution >= 0.6 is 0 Å². The van der Waals surface area contributed by atoms with E-state index in [-0.39, 0.29) is 5.41 Å². The third-order valence-corrected chi connectivity index (χ3v) is 5.98. The Balaban J connectivity index is 1.48. The van der Waals surface area contributed by atoms with Gasteiger partial charge in [0.2, 0.25) is 0 Å². The van der Waals surface area contributed by atoms with Gasteiger partial charge < -0.3 is 21.2 Å². The van der Waals surface area contributed by atoms with Crippen molar-refractivity contribution in [2.45, 2.75) is 38.0 Å². The molecule has 29 heavy (non-hydrogen) atoms. The number of fused-ring (bicyclic) bond motifs is 1. The summed E-state index contributed by atoms with van der Waals surface area (Å²) in [6.45, 7) is 5.26. The molecule has 1 aliphatic rings. The second-order valence-electron chi connectivity index (χ2n) is 7.72. The Hall–Kier alpha value is -2.87. The van der Waals surface area contributed by atoms with E-state index < -0.39 is 0 Å². The summed E-state index contributed by atoms with van der Waals surface area (Å²) in [5.41, 5.74) is 8.91. The van der Waals surface area contributed by atoms with Crippen LogP contribution in [-0.2, 0) is 5.41 Å². The summed E-state index contributed by atoms with van der Waals surface area (Å²) in [7, 11) is 0. The highest BCUT2D eigenvalue weighted by molar-refractivity contribution is 5.83. The Bertz CT molecular complexity index is 945. The average molecular weight is 396 g/mol. The minimum absolute atomic E-state index is 0.0299. The summed E-state index contributed by atoms with van der Waals surface area (Å²) >= 11 is 0. The van der Waals surface area contributed by atoms with Crippen LogP contribution in [0.5, 0.6) is 5.75 Å². The van der Waals surface area contributed by atoms with Gasteiger partial charge in [0.1, 0.15) is 18.4 Å². The van der Waals surface area contributed by atoms with Crippen molar-refractivity contribution in [2.24, 2.45) is 5.73 Å². The van der Waals surface area contributed by atoms with E-state index in [4.69, 9.17) is 16.3 Å². The number of nitrogen functional groups attached to an aromatic ring is 1. The van der Waals surface area contributed by atoms with E-state index in [0.29, 0.717) is 12.2 Å². The zero-order valence-corrected chi connectivity index (χ0v) is 16.9. The van der Waals surface area contributed by atoms with Crippen molar-refractivity contribution in [1.82, 2.24) is 19.6 Å². The van der Waals surface area contributed by atoms with Crippen molar-refractivity contribution in [1.29, 1.82) is 0 Å². The van der Waals surface area contributed by atoms with Gasteiger partial charge in [-0.1, -0.05) is 25.5 Å². The van der Waals surface area contributed by atoms with E-state index in [1.165, 1.54) is 10.2 Å². The third-order valence-electron chi connectivity index (χ3n) is 5.98. The van der Waals surface area contributed by atoms with Crippen molar-refractivity contribution in [2.75, 3.05) is 37.0 Å². The number of aromatic nitrogens is 4. The van der Waals surface area contributed by atoms with Gasteiger partial charge in [-0.25, -0.2) is 19.6 Å². The zero-order valence-electron chi connectivity index (χ0n) is 16.9. The second-order valence-corrected chi connectivity index (χ2v) is 7.72. The number of rotatable bonds is 7. The van der Waals surface area contributed by atoms with Gasteiger partial charge in [0.05, 0.1) is 6.61 Å². The topological polar surface area (TPSA) is 108 Å². The first-order chi connectivity index (χ1) is 14.2. The Kier molecular flexibility index (Phi) is 5.53. The highest BCUT2D eigenvalue weighted by Crippen LogP contribution is 2.37. The predicted molar refractivity (Wildman–Crippen MR) is 114 cm³/mol. The number of hydrogen-bond donors (Lipinski definition) is 2. The monoisotopic (exact) mass is 395 g/mol. The average Bonchev–Trinajstić information content (AvgIpc) is 3.16. The number of nitrogens with two attached hydrogens (primary N) is 2. The van der Waals surface area contributed by atoms with Crippen molar-refractivity contribution < 1.29 is 4.74 Å². The normalized spacial score (nSPS) is 16.3. The number of ether oxygens (including phenoxy) is 1. The summed E-state index contributed by atoms with van der Waals surface area (Å²) in [6.07, 6.45) is 7.23. The SMILES string of the molecule is CCCCOc1ccc(C2(CN)CCN(c3ncnc4c3ncn4N)CC2)cc1. The van der Waals surface area contributed by atoms with Crippen LogP contribution in [0.15, 0.2) is 36.9 Å². The van der Waals surface area contributed by atoms with Crippen molar-refractivity contribution in [3.8, 4) is 5.75 Å². The molecule has 0 atom stereocenters. The maximum absolute atomic E-state index is 6.28. The number of unbranched alkanes of at least 4 members (excludes halogenated alkanes) is 1. The van der Waals surface area contributed by atoms with Crippen LogP contribution in [0.4, 0.5) is 5.82 Å². The molecule has 3 aromatic rings. The summed E-state index contributed by atoms with van der Waals surface area (Å²) in [4.78, 5) is 15.3. The first-order valence-electron chi connectivity index (χ1n) is 10.3. The molecule has 4 rings (SSSR count). The van der Waals surface area contributed by atoms with Gasteiger partial charge in [0, 0.05) is 25.0 Å². The molecule has 4 N–H and O–H groups in total. The largest absolute Gasteiger partial charge is 0.494 e. The molecule has 0 radical (unpaired) electrons. The van der Waals surface area contributed by atoms with Crippen LogP contribution in [0.25, 0.3) is 11.2 Å². The second kappa shape index (κ2) is 8.24.